The van der Waals surface area contributed by atoms with Gasteiger partial charge in [0.2, 0.25) is 0 Å². The van der Waals surface area contributed by atoms with Gasteiger partial charge in [-0.25, -0.2) is 4.79 Å². The molecule has 4 rings (SSSR count). The molecule has 7 heteroatoms. The van der Waals surface area contributed by atoms with Crippen LogP contribution < -0.4 is 15.7 Å². The Balaban J connectivity index is 1.40. The van der Waals surface area contributed by atoms with E-state index in [9.17, 15) is 9.59 Å². The fourth-order valence-electron chi connectivity index (χ4n) is 2.89. The van der Waals surface area contributed by atoms with Crippen molar-refractivity contribution in [1.82, 2.24) is 9.55 Å². The summed E-state index contributed by atoms with van der Waals surface area (Å²) in [5.74, 6) is 0.336. The highest BCUT2D eigenvalue weighted by atomic mass is 79.9. The number of aromatic amines is 1. The summed E-state index contributed by atoms with van der Waals surface area (Å²) < 4.78 is 7.97. The predicted molar refractivity (Wildman–Crippen MR) is 112 cm³/mol. The third kappa shape index (κ3) is 3.70. The first kappa shape index (κ1) is 18.1. The highest BCUT2D eigenvalue weighted by Gasteiger charge is 2.09. The monoisotopic (exact) mass is 437 g/mol. The number of benzene rings is 3. The first-order valence-corrected chi connectivity index (χ1v) is 9.37. The number of carbonyl (C=O) groups excluding carboxylic acids is 1. The van der Waals surface area contributed by atoms with Crippen LogP contribution in [-0.2, 0) is 4.79 Å². The van der Waals surface area contributed by atoms with Crippen LogP contribution in [-0.4, -0.2) is 22.1 Å². The second kappa shape index (κ2) is 7.74. The number of ether oxygens (including phenoxy) is 1. The van der Waals surface area contributed by atoms with Crippen molar-refractivity contribution in [3.63, 3.8) is 0 Å². The number of nitrogens with one attached hydrogen (secondary N) is 2. The number of aromatic nitrogens is 2. The first-order valence-electron chi connectivity index (χ1n) is 8.58. The van der Waals surface area contributed by atoms with Gasteiger partial charge in [0, 0.05) is 18.1 Å². The van der Waals surface area contributed by atoms with Crippen LogP contribution in [0.1, 0.15) is 0 Å². The van der Waals surface area contributed by atoms with Crippen LogP contribution in [0.15, 0.2) is 82.3 Å². The maximum Gasteiger partial charge on any atom is 0.330 e. The molecule has 0 aliphatic heterocycles. The summed E-state index contributed by atoms with van der Waals surface area (Å²) >= 11 is 3.54. The molecule has 0 bridgehead atoms. The number of hydrogen-bond donors (Lipinski definition) is 2. The maximum atomic E-state index is 12.2. The Morgan fingerprint density at radius 2 is 1.86 bits per heavy atom. The van der Waals surface area contributed by atoms with Crippen molar-refractivity contribution >= 4 is 38.3 Å². The smallest absolute Gasteiger partial charge is 0.330 e. The Morgan fingerprint density at radius 1 is 1.07 bits per heavy atom. The second-order valence-electron chi connectivity index (χ2n) is 6.12. The summed E-state index contributed by atoms with van der Waals surface area (Å²) in [6.45, 7) is -0.115. The van der Waals surface area contributed by atoms with Crippen LogP contribution in [0.5, 0.6) is 5.75 Å². The Hall–Kier alpha value is -3.32. The van der Waals surface area contributed by atoms with Gasteiger partial charge in [-0.3, -0.25) is 9.36 Å². The van der Waals surface area contributed by atoms with E-state index in [2.05, 4.69) is 26.2 Å². The zero-order chi connectivity index (χ0) is 19.5. The quantitative estimate of drug-likeness (QED) is 0.493. The van der Waals surface area contributed by atoms with Gasteiger partial charge >= 0.3 is 5.69 Å². The molecule has 0 saturated heterocycles. The number of rotatable bonds is 5. The number of halogens is 1. The average molecular weight is 438 g/mol. The number of anilines is 1. The van der Waals surface area contributed by atoms with E-state index in [0.29, 0.717) is 17.1 Å². The molecule has 3 aromatic carbocycles. The van der Waals surface area contributed by atoms with Crippen molar-refractivity contribution < 1.29 is 9.53 Å². The van der Waals surface area contributed by atoms with E-state index in [1.807, 2.05) is 36.4 Å². The number of amides is 1. The summed E-state index contributed by atoms with van der Waals surface area (Å²) in [6, 6.07) is 18.7. The van der Waals surface area contributed by atoms with Gasteiger partial charge in [0.25, 0.3) is 5.91 Å². The molecule has 4 aromatic rings. The van der Waals surface area contributed by atoms with Gasteiger partial charge in [0.1, 0.15) is 5.75 Å². The van der Waals surface area contributed by atoms with Crippen LogP contribution in [0.25, 0.3) is 16.5 Å². The molecule has 28 heavy (non-hydrogen) atoms. The molecule has 1 heterocycles. The zero-order valence-corrected chi connectivity index (χ0v) is 16.3. The highest BCUT2D eigenvalue weighted by molar-refractivity contribution is 9.10. The molecule has 6 nitrogen and oxygen atoms in total. The van der Waals surface area contributed by atoms with Crippen molar-refractivity contribution in [1.29, 1.82) is 0 Å². The Kier molecular flexibility index (Phi) is 4.99. The SMILES string of the molecule is O=C(COc1ccc2ccccc2c1Br)Nc1ccc(-n2cc[nH]c2=O)cc1. The Bertz CT molecular complexity index is 1200. The summed E-state index contributed by atoms with van der Waals surface area (Å²) in [4.78, 5) is 26.4. The lowest BCUT2D eigenvalue weighted by Gasteiger charge is -2.11. The van der Waals surface area contributed by atoms with E-state index in [-0.39, 0.29) is 18.2 Å². The Morgan fingerprint density at radius 3 is 2.61 bits per heavy atom. The van der Waals surface area contributed by atoms with E-state index in [4.69, 9.17) is 4.74 Å². The van der Waals surface area contributed by atoms with E-state index in [1.54, 1.807) is 36.7 Å². The molecule has 0 radical (unpaired) electrons. The molecule has 0 fully saturated rings. The van der Waals surface area contributed by atoms with E-state index in [1.165, 1.54) is 4.57 Å². The van der Waals surface area contributed by atoms with E-state index >= 15 is 0 Å². The Labute approximate surface area is 168 Å². The van der Waals surface area contributed by atoms with Gasteiger partial charge < -0.3 is 15.0 Å². The van der Waals surface area contributed by atoms with Crippen LogP contribution >= 0.6 is 15.9 Å². The molecular weight excluding hydrogens is 422 g/mol. The number of imidazole rings is 1. The van der Waals surface area contributed by atoms with Crippen LogP contribution in [0.2, 0.25) is 0 Å². The van der Waals surface area contributed by atoms with Gasteiger partial charge in [0.05, 0.1) is 10.2 Å². The second-order valence-corrected chi connectivity index (χ2v) is 6.91. The van der Waals surface area contributed by atoms with Crippen molar-refractivity contribution in [2.75, 3.05) is 11.9 Å². The standard InChI is InChI=1S/C21H16BrN3O3/c22-20-17-4-2-1-3-14(17)5-10-18(20)28-13-19(26)24-15-6-8-16(9-7-15)25-12-11-23-21(25)27/h1-12H,13H2,(H,23,27)(H,24,26). The molecular formula is C21H16BrN3O3. The molecule has 140 valence electrons. The van der Waals surface area contributed by atoms with E-state index in [0.717, 1.165) is 15.2 Å². The van der Waals surface area contributed by atoms with Crippen molar-refractivity contribution in [2.24, 2.45) is 0 Å². The van der Waals surface area contributed by atoms with Gasteiger partial charge in [-0.1, -0.05) is 30.3 Å². The van der Waals surface area contributed by atoms with Crippen LogP contribution in [0.3, 0.4) is 0 Å². The summed E-state index contributed by atoms with van der Waals surface area (Å²) in [5.41, 5.74) is 1.12. The fraction of sp³-hybridized carbons (Fsp3) is 0.0476. The van der Waals surface area contributed by atoms with Crippen LogP contribution in [0.4, 0.5) is 5.69 Å². The number of carbonyl (C=O) groups is 1. The lowest BCUT2D eigenvalue weighted by Crippen LogP contribution is -2.20. The molecule has 0 aliphatic carbocycles. The minimum atomic E-state index is -0.272. The summed E-state index contributed by atoms with van der Waals surface area (Å²) in [7, 11) is 0. The molecule has 0 atom stereocenters. The third-order valence-electron chi connectivity index (χ3n) is 4.27. The minimum absolute atomic E-state index is 0.115. The zero-order valence-electron chi connectivity index (χ0n) is 14.7. The van der Waals surface area contributed by atoms with Gasteiger partial charge in [-0.2, -0.15) is 0 Å². The van der Waals surface area contributed by atoms with Gasteiger partial charge in [0.15, 0.2) is 6.61 Å². The third-order valence-corrected chi connectivity index (χ3v) is 5.08. The number of nitrogens with zero attached hydrogens (tertiary/aromatic N) is 1. The lowest BCUT2D eigenvalue weighted by molar-refractivity contribution is -0.118. The predicted octanol–water partition coefficient (Wildman–Crippen LogP) is 4.10. The topological polar surface area (TPSA) is 76.1 Å². The fourth-order valence-corrected chi connectivity index (χ4v) is 3.50. The van der Waals surface area contributed by atoms with E-state index < -0.39 is 0 Å². The number of hydrogen-bond acceptors (Lipinski definition) is 3. The maximum absolute atomic E-state index is 12.2. The normalized spacial score (nSPS) is 10.8. The molecule has 0 unspecified atom stereocenters. The molecule has 1 aromatic heterocycles. The highest BCUT2D eigenvalue weighted by Crippen LogP contribution is 2.33. The van der Waals surface area contributed by atoms with Gasteiger partial charge in [-0.15, -0.1) is 0 Å². The van der Waals surface area contributed by atoms with Crippen molar-refractivity contribution in [2.45, 2.75) is 0 Å². The average Bonchev–Trinajstić information content (AvgIpc) is 3.14. The summed E-state index contributed by atoms with van der Waals surface area (Å²) in [5, 5.41) is 4.90. The van der Waals surface area contributed by atoms with Crippen molar-refractivity contribution in [3.05, 3.63) is 88.0 Å². The van der Waals surface area contributed by atoms with Crippen molar-refractivity contribution in [3.8, 4) is 11.4 Å². The molecule has 0 saturated carbocycles. The minimum Gasteiger partial charge on any atom is -0.483 e. The first-order chi connectivity index (χ1) is 13.6. The van der Waals surface area contributed by atoms with Crippen LogP contribution in [0, 0.1) is 0 Å². The summed E-state index contributed by atoms with van der Waals surface area (Å²) in [6.07, 6.45) is 3.21. The molecule has 0 spiro atoms. The largest absolute Gasteiger partial charge is 0.483 e. The molecule has 0 aliphatic rings. The molecule has 1 amide bonds. The number of H-pyrrole nitrogens is 1. The lowest BCUT2D eigenvalue weighted by atomic mass is 10.1. The number of fused-ring (bicyclic) bond motifs is 1. The van der Waals surface area contributed by atoms with Gasteiger partial charge in [-0.05, 0) is 57.0 Å². The molecule has 2 N–H and O–H groups in total.